The van der Waals surface area contributed by atoms with Gasteiger partial charge in [0.25, 0.3) is 0 Å². The van der Waals surface area contributed by atoms with Crippen molar-refractivity contribution in [2.45, 2.75) is 44.7 Å². The summed E-state index contributed by atoms with van der Waals surface area (Å²) in [6, 6.07) is 14.3. The number of carbonyl (C=O) groups is 1. The van der Waals surface area contributed by atoms with Crippen LogP contribution in [-0.4, -0.2) is 30.5 Å². The van der Waals surface area contributed by atoms with E-state index >= 15 is 0 Å². The van der Waals surface area contributed by atoms with Gasteiger partial charge in [0.05, 0.1) is 19.3 Å². The molecule has 0 spiro atoms. The summed E-state index contributed by atoms with van der Waals surface area (Å²) < 4.78 is 18.5. The maximum Gasteiger partial charge on any atom is 0.238 e. The fourth-order valence-corrected chi connectivity index (χ4v) is 3.71. The molecule has 1 saturated carbocycles. The highest BCUT2D eigenvalue weighted by Crippen LogP contribution is 2.26. The Kier molecular flexibility index (Phi) is 6.82. The fourth-order valence-electron chi connectivity index (χ4n) is 3.71. The van der Waals surface area contributed by atoms with Gasteiger partial charge < -0.3 is 10.1 Å². The molecule has 0 bridgehead atoms. The van der Waals surface area contributed by atoms with Crippen molar-refractivity contribution >= 4 is 11.6 Å². The van der Waals surface area contributed by atoms with Gasteiger partial charge in [-0.15, -0.1) is 0 Å². The van der Waals surface area contributed by atoms with Crippen molar-refractivity contribution in [2.75, 3.05) is 19.0 Å². The summed E-state index contributed by atoms with van der Waals surface area (Å²) in [4.78, 5) is 14.9. The fraction of sp³-hybridized carbons (Fsp3) is 0.409. The minimum absolute atomic E-state index is 0.0628. The molecule has 0 heterocycles. The third-order valence-electron chi connectivity index (χ3n) is 5.12. The highest BCUT2D eigenvalue weighted by molar-refractivity contribution is 5.93. The van der Waals surface area contributed by atoms with E-state index < -0.39 is 0 Å². The van der Waals surface area contributed by atoms with Gasteiger partial charge in [0.15, 0.2) is 0 Å². The van der Waals surface area contributed by atoms with E-state index in [2.05, 4.69) is 10.2 Å². The average Bonchev–Trinajstić information content (AvgIpc) is 2.70. The number of benzene rings is 2. The van der Waals surface area contributed by atoms with E-state index in [1.54, 1.807) is 19.2 Å². The molecular weight excluding hydrogens is 343 g/mol. The summed E-state index contributed by atoms with van der Waals surface area (Å²) in [6.45, 7) is 0.949. The Morgan fingerprint density at radius 2 is 1.81 bits per heavy atom. The molecule has 2 aromatic carbocycles. The molecule has 27 heavy (non-hydrogen) atoms. The predicted octanol–water partition coefficient (Wildman–Crippen LogP) is 4.61. The molecule has 1 amide bonds. The van der Waals surface area contributed by atoms with Crippen LogP contribution in [0.1, 0.15) is 37.7 Å². The number of anilines is 1. The molecule has 3 rings (SSSR count). The van der Waals surface area contributed by atoms with Crippen LogP contribution in [0.5, 0.6) is 5.75 Å². The zero-order valence-electron chi connectivity index (χ0n) is 15.8. The van der Waals surface area contributed by atoms with Crippen LogP contribution in [0.2, 0.25) is 0 Å². The molecule has 4 nitrogen and oxygen atoms in total. The van der Waals surface area contributed by atoms with E-state index in [-0.39, 0.29) is 11.7 Å². The van der Waals surface area contributed by atoms with Gasteiger partial charge in [0.1, 0.15) is 11.6 Å². The van der Waals surface area contributed by atoms with Gasteiger partial charge >= 0.3 is 0 Å². The Bertz CT molecular complexity index is 742. The molecule has 1 aliphatic carbocycles. The van der Waals surface area contributed by atoms with E-state index in [1.165, 1.54) is 31.4 Å². The minimum Gasteiger partial charge on any atom is -0.495 e. The number of halogens is 1. The van der Waals surface area contributed by atoms with Gasteiger partial charge in [-0.1, -0.05) is 43.5 Å². The van der Waals surface area contributed by atoms with Crippen LogP contribution in [0.15, 0.2) is 48.5 Å². The lowest BCUT2D eigenvalue weighted by molar-refractivity contribution is -0.118. The van der Waals surface area contributed by atoms with Crippen LogP contribution in [0.3, 0.4) is 0 Å². The topological polar surface area (TPSA) is 41.6 Å². The molecular formula is C22H27FN2O2. The molecule has 1 fully saturated rings. The van der Waals surface area contributed by atoms with Crippen molar-refractivity contribution in [3.8, 4) is 5.75 Å². The second-order valence-electron chi connectivity index (χ2n) is 7.07. The normalized spacial score (nSPS) is 14.9. The zero-order valence-corrected chi connectivity index (χ0v) is 15.8. The van der Waals surface area contributed by atoms with E-state index in [0.29, 0.717) is 30.6 Å². The lowest BCUT2D eigenvalue weighted by Crippen LogP contribution is -2.41. The summed E-state index contributed by atoms with van der Waals surface area (Å²) >= 11 is 0. The summed E-state index contributed by atoms with van der Waals surface area (Å²) in [7, 11) is 1.59. The highest BCUT2D eigenvalue weighted by Gasteiger charge is 2.23. The number of rotatable bonds is 7. The van der Waals surface area contributed by atoms with Gasteiger partial charge in [-0.05, 0) is 42.7 Å². The number of para-hydroxylation sites is 2. The van der Waals surface area contributed by atoms with Crippen LogP contribution in [-0.2, 0) is 11.3 Å². The molecule has 0 radical (unpaired) electrons. The Hall–Kier alpha value is -2.40. The first-order chi connectivity index (χ1) is 13.2. The molecule has 2 aromatic rings. The number of nitrogens with one attached hydrogen (secondary N) is 1. The van der Waals surface area contributed by atoms with Crippen molar-refractivity contribution in [2.24, 2.45) is 0 Å². The monoisotopic (exact) mass is 370 g/mol. The lowest BCUT2D eigenvalue weighted by atomic mass is 9.93. The standard InChI is InChI=1S/C22H27FN2O2/c1-27-21-10-6-5-9-20(21)24-22(26)16-25(19-7-3-2-4-8-19)15-17-11-13-18(23)14-12-17/h5-6,9-14,19H,2-4,7-8,15-16H2,1H3,(H,24,26). The van der Waals surface area contributed by atoms with E-state index in [4.69, 9.17) is 4.74 Å². The zero-order chi connectivity index (χ0) is 19.1. The van der Waals surface area contributed by atoms with Gasteiger partial charge in [0.2, 0.25) is 5.91 Å². The smallest absolute Gasteiger partial charge is 0.238 e. The molecule has 1 N–H and O–H groups in total. The van der Waals surface area contributed by atoms with Crippen LogP contribution in [0.25, 0.3) is 0 Å². The van der Waals surface area contributed by atoms with Crippen LogP contribution in [0.4, 0.5) is 10.1 Å². The SMILES string of the molecule is COc1ccccc1NC(=O)CN(Cc1ccc(F)cc1)C1CCCCC1. The first-order valence-corrected chi connectivity index (χ1v) is 9.57. The Morgan fingerprint density at radius 3 is 2.52 bits per heavy atom. The molecule has 0 aromatic heterocycles. The van der Waals surface area contributed by atoms with Crippen molar-refractivity contribution in [3.63, 3.8) is 0 Å². The third kappa shape index (κ3) is 5.54. The minimum atomic E-state index is -0.239. The summed E-state index contributed by atoms with van der Waals surface area (Å²) in [5.41, 5.74) is 1.70. The maximum absolute atomic E-state index is 13.2. The number of methoxy groups -OCH3 is 1. The van der Waals surface area contributed by atoms with Crippen molar-refractivity contribution < 1.29 is 13.9 Å². The molecule has 5 heteroatoms. The quantitative estimate of drug-likeness (QED) is 0.774. The van der Waals surface area contributed by atoms with E-state index in [1.807, 2.05) is 24.3 Å². The molecule has 1 aliphatic rings. The highest BCUT2D eigenvalue weighted by atomic mass is 19.1. The Morgan fingerprint density at radius 1 is 1.11 bits per heavy atom. The van der Waals surface area contributed by atoms with Crippen molar-refractivity contribution in [1.82, 2.24) is 4.90 Å². The average molecular weight is 370 g/mol. The van der Waals surface area contributed by atoms with Crippen LogP contribution in [0, 0.1) is 5.82 Å². The number of carbonyl (C=O) groups excluding carboxylic acids is 1. The largest absolute Gasteiger partial charge is 0.495 e. The number of nitrogens with zero attached hydrogens (tertiary/aromatic N) is 1. The van der Waals surface area contributed by atoms with Gasteiger partial charge in [-0.25, -0.2) is 4.39 Å². The second kappa shape index (κ2) is 9.51. The number of hydrogen-bond donors (Lipinski definition) is 1. The van der Waals surface area contributed by atoms with Gasteiger partial charge in [0, 0.05) is 12.6 Å². The van der Waals surface area contributed by atoms with Crippen molar-refractivity contribution in [1.29, 1.82) is 0 Å². The number of amides is 1. The first kappa shape index (κ1) is 19.4. The van der Waals surface area contributed by atoms with Crippen LogP contribution >= 0.6 is 0 Å². The van der Waals surface area contributed by atoms with Gasteiger partial charge in [-0.2, -0.15) is 0 Å². The van der Waals surface area contributed by atoms with Crippen LogP contribution < -0.4 is 10.1 Å². The predicted molar refractivity (Wildman–Crippen MR) is 105 cm³/mol. The molecule has 0 unspecified atom stereocenters. The lowest BCUT2D eigenvalue weighted by Gasteiger charge is -2.34. The summed E-state index contributed by atoms with van der Waals surface area (Å²) in [5.74, 6) is 0.345. The Balaban J connectivity index is 1.69. The third-order valence-corrected chi connectivity index (χ3v) is 5.12. The van der Waals surface area contributed by atoms with E-state index in [9.17, 15) is 9.18 Å². The Labute approximate surface area is 160 Å². The van der Waals surface area contributed by atoms with Crippen molar-refractivity contribution in [3.05, 3.63) is 59.9 Å². The first-order valence-electron chi connectivity index (χ1n) is 9.57. The maximum atomic E-state index is 13.2. The molecule has 0 aliphatic heterocycles. The molecule has 0 saturated heterocycles. The number of hydrogen-bond acceptors (Lipinski definition) is 3. The summed E-state index contributed by atoms with van der Waals surface area (Å²) in [6.07, 6.45) is 5.85. The molecule has 144 valence electrons. The summed E-state index contributed by atoms with van der Waals surface area (Å²) in [5, 5.41) is 2.96. The molecule has 0 atom stereocenters. The van der Waals surface area contributed by atoms with E-state index in [0.717, 1.165) is 18.4 Å². The second-order valence-corrected chi connectivity index (χ2v) is 7.07. The van der Waals surface area contributed by atoms with Gasteiger partial charge in [-0.3, -0.25) is 9.69 Å². The number of ether oxygens (including phenoxy) is 1.